The van der Waals surface area contributed by atoms with E-state index in [4.69, 9.17) is 9.47 Å². The van der Waals surface area contributed by atoms with Crippen molar-refractivity contribution >= 4 is 17.8 Å². The molecule has 0 fully saturated rings. The molecular weight excluding hydrogens is 811 g/mol. The summed E-state index contributed by atoms with van der Waals surface area (Å²) in [6, 6.07) is 1.77. The summed E-state index contributed by atoms with van der Waals surface area (Å²) in [5.74, 6) is 1.09. The predicted octanol–water partition coefficient (Wildman–Crippen LogP) is 14.8. The lowest BCUT2D eigenvalue weighted by atomic mass is 9.91. The molecule has 1 rings (SSSR count). The average molecular weight is 916 g/mol. The van der Waals surface area contributed by atoms with Gasteiger partial charge >= 0.3 is 11.9 Å². The van der Waals surface area contributed by atoms with Gasteiger partial charge in [-0.05, 0) is 121 Å². The van der Waals surface area contributed by atoms with Crippen molar-refractivity contribution in [1.82, 2.24) is 15.2 Å². The van der Waals surface area contributed by atoms with Gasteiger partial charge in [0.1, 0.15) is 12.2 Å². The van der Waals surface area contributed by atoms with E-state index >= 15 is 0 Å². The highest BCUT2D eigenvalue weighted by Crippen LogP contribution is 2.24. The van der Waals surface area contributed by atoms with E-state index in [1.54, 1.807) is 18.5 Å². The van der Waals surface area contributed by atoms with Gasteiger partial charge in [0.25, 0.3) is 5.91 Å². The van der Waals surface area contributed by atoms with Crippen LogP contribution in [-0.2, 0) is 19.1 Å². The fourth-order valence-corrected chi connectivity index (χ4v) is 9.15. The first-order chi connectivity index (χ1) is 31.6. The SMILES string of the molecule is CCCCCCCCC(CCCCCCCC)OC(=O)CCCCCCCN(CCCCCC(=O)OC(CCC(CC)CCCC)CC(C)C)CC(O)CCCCNC(=O)c1cc[nH]c1. The van der Waals surface area contributed by atoms with Gasteiger partial charge in [-0.15, -0.1) is 0 Å². The number of unbranched alkanes of at least 4 members (excludes halogenated alkanes) is 18. The molecule has 0 aliphatic heterocycles. The lowest BCUT2D eigenvalue weighted by Crippen LogP contribution is -2.34. The first-order valence-electron chi connectivity index (χ1n) is 27.8. The number of esters is 2. The van der Waals surface area contributed by atoms with E-state index in [2.05, 4.69) is 56.7 Å². The highest BCUT2D eigenvalue weighted by Gasteiger charge is 2.19. The lowest BCUT2D eigenvalue weighted by Gasteiger charge is -2.25. The zero-order chi connectivity index (χ0) is 47.6. The highest BCUT2D eigenvalue weighted by atomic mass is 16.5. The number of aromatic amines is 1. The maximum atomic E-state index is 13.0. The molecule has 65 heavy (non-hydrogen) atoms. The summed E-state index contributed by atoms with van der Waals surface area (Å²) in [4.78, 5) is 43.5. The molecule has 0 saturated carbocycles. The molecule has 0 aliphatic carbocycles. The summed E-state index contributed by atoms with van der Waals surface area (Å²) < 4.78 is 12.2. The number of ether oxygens (including phenoxy) is 2. The molecule has 0 aromatic carbocycles. The van der Waals surface area contributed by atoms with Crippen LogP contribution in [0.3, 0.4) is 0 Å². The van der Waals surface area contributed by atoms with Crippen LogP contribution in [0.4, 0.5) is 0 Å². The monoisotopic (exact) mass is 916 g/mol. The largest absolute Gasteiger partial charge is 0.462 e. The molecule has 0 saturated heterocycles. The number of aliphatic hydroxyl groups is 1. The molecule has 9 heteroatoms. The molecule has 1 aromatic heterocycles. The van der Waals surface area contributed by atoms with E-state index < -0.39 is 6.10 Å². The molecule has 9 nitrogen and oxygen atoms in total. The topological polar surface area (TPSA) is 121 Å². The summed E-state index contributed by atoms with van der Waals surface area (Å²) >= 11 is 0. The van der Waals surface area contributed by atoms with Gasteiger partial charge < -0.3 is 29.8 Å². The van der Waals surface area contributed by atoms with Crippen molar-refractivity contribution in [3.63, 3.8) is 0 Å². The number of nitrogens with zero attached hydrogens (tertiary/aromatic N) is 1. The normalized spacial score (nSPS) is 13.1. The van der Waals surface area contributed by atoms with E-state index in [0.29, 0.717) is 43.8 Å². The molecule has 0 bridgehead atoms. The Morgan fingerprint density at radius 1 is 0.600 bits per heavy atom. The van der Waals surface area contributed by atoms with Crippen molar-refractivity contribution in [2.75, 3.05) is 26.2 Å². The molecule has 3 unspecified atom stereocenters. The third-order valence-electron chi connectivity index (χ3n) is 13.3. The Hall–Kier alpha value is -2.39. The molecule has 0 spiro atoms. The minimum absolute atomic E-state index is 0.0123. The molecular formula is C56H105N3O6. The molecule has 1 amide bonds. The average Bonchev–Trinajstić information content (AvgIpc) is 3.83. The fourth-order valence-electron chi connectivity index (χ4n) is 9.15. The number of aliphatic hydroxyl groups excluding tert-OH is 1. The van der Waals surface area contributed by atoms with Crippen LogP contribution in [0.2, 0.25) is 0 Å². The quantitative estimate of drug-likeness (QED) is 0.0440. The molecule has 1 aromatic rings. The first kappa shape index (κ1) is 60.6. The van der Waals surface area contributed by atoms with Crippen molar-refractivity contribution < 1.29 is 29.0 Å². The van der Waals surface area contributed by atoms with E-state index in [-0.39, 0.29) is 30.1 Å². The molecule has 0 radical (unpaired) electrons. The maximum absolute atomic E-state index is 13.0. The van der Waals surface area contributed by atoms with Crippen molar-refractivity contribution in [1.29, 1.82) is 0 Å². The maximum Gasteiger partial charge on any atom is 0.306 e. The van der Waals surface area contributed by atoms with Gasteiger partial charge in [0.15, 0.2) is 0 Å². The third kappa shape index (κ3) is 36.3. The Kier molecular flexibility index (Phi) is 40.0. The van der Waals surface area contributed by atoms with Crippen LogP contribution in [0.5, 0.6) is 0 Å². The Labute approximate surface area is 400 Å². The smallest absolute Gasteiger partial charge is 0.306 e. The van der Waals surface area contributed by atoms with Gasteiger partial charge in [-0.2, -0.15) is 0 Å². The standard InChI is InChI=1S/C56H105N3O6/c1-7-11-14-16-19-24-34-52(35-25-20-17-15-12-8-2)64-54(61)36-26-21-18-22-30-43-59(47-51(60)33-28-29-41-58-56(63)50-40-42-57-46-50)44-31-23-27-37-55(62)65-53(45-48(5)6)39-38-49(10-4)32-13-9-3/h40,42,46,48-49,51-53,57,60H,7-39,41,43-45,47H2,1-6H3,(H,58,63). The minimum Gasteiger partial charge on any atom is -0.462 e. The Morgan fingerprint density at radius 2 is 1.12 bits per heavy atom. The van der Waals surface area contributed by atoms with Crippen LogP contribution < -0.4 is 5.32 Å². The second-order valence-electron chi connectivity index (χ2n) is 20.1. The number of carbonyl (C=O) groups excluding carboxylic acids is 3. The molecule has 380 valence electrons. The van der Waals surface area contributed by atoms with Crippen LogP contribution in [-0.4, -0.2) is 77.3 Å². The number of hydrogen-bond donors (Lipinski definition) is 3. The van der Waals surface area contributed by atoms with Crippen molar-refractivity contribution in [2.45, 2.75) is 278 Å². The Bertz CT molecular complexity index is 1210. The van der Waals surface area contributed by atoms with Gasteiger partial charge in [0, 0.05) is 38.3 Å². The number of H-pyrrole nitrogens is 1. The fraction of sp³-hybridized carbons (Fsp3) is 0.875. The van der Waals surface area contributed by atoms with E-state index in [9.17, 15) is 19.5 Å². The summed E-state index contributed by atoms with van der Waals surface area (Å²) in [5, 5.41) is 14.0. The summed E-state index contributed by atoms with van der Waals surface area (Å²) in [7, 11) is 0. The van der Waals surface area contributed by atoms with E-state index in [1.807, 2.05) is 0 Å². The molecule has 0 aliphatic rings. The summed E-state index contributed by atoms with van der Waals surface area (Å²) in [5.41, 5.74) is 0.634. The Morgan fingerprint density at radius 3 is 1.68 bits per heavy atom. The minimum atomic E-state index is -0.422. The zero-order valence-electron chi connectivity index (χ0n) is 43.4. The van der Waals surface area contributed by atoms with Crippen LogP contribution >= 0.6 is 0 Å². The van der Waals surface area contributed by atoms with Gasteiger partial charge in [0.2, 0.25) is 0 Å². The summed E-state index contributed by atoms with van der Waals surface area (Å²) in [6.07, 6.45) is 39.6. The van der Waals surface area contributed by atoms with Crippen molar-refractivity contribution in [3.05, 3.63) is 24.0 Å². The van der Waals surface area contributed by atoms with E-state index in [1.165, 1.54) is 89.9 Å². The predicted molar refractivity (Wildman–Crippen MR) is 273 cm³/mol. The van der Waals surface area contributed by atoms with Gasteiger partial charge in [-0.25, -0.2) is 0 Å². The first-order valence-corrected chi connectivity index (χ1v) is 27.8. The van der Waals surface area contributed by atoms with Gasteiger partial charge in [-0.3, -0.25) is 14.4 Å². The number of carbonyl (C=O) groups is 3. The van der Waals surface area contributed by atoms with E-state index in [0.717, 1.165) is 128 Å². The number of hydrogen-bond acceptors (Lipinski definition) is 7. The van der Waals surface area contributed by atoms with Crippen molar-refractivity contribution in [2.24, 2.45) is 11.8 Å². The highest BCUT2D eigenvalue weighted by molar-refractivity contribution is 5.93. The number of rotatable bonds is 47. The summed E-state index contributed by atoms with van der Waals surface area (Å²) in [6.45, 7) is 16.5. The number of aromatic nitrogens is 1. The lowest BCUT2D eigenvalue weighted by molar-refractivity contribution is -0.151. The Balaban J connectivity index is 2.55. The zero-order valence-corrected chi connectivity index (χ0v) is 43.4. The molecule has 1 heterocycles. The van der Waals surface area contributed by atoms with Crippen molar-refractivity contribution in [3.8, 4) is 0 Å². The third-order valence-corrected chi connectivity index (χ3v) is 13.3. The van der Waals surface area contributed by atoms with Crippen LogP contribution in [0.15, 0.2) is 18.5 Å². The second kappa shape index (κ2) is 42.9. The van der Waals surface area contributed by atoms with Crippen LogP contribution in [0.1, 0.15) is 270 Å². The second-order valence-corrected chi connectivity index (χ2v) is 20.1. The number of amides is 1. The number of nitrogens with one attached hydrogen (secondary N) is 2. The molecule has 3 N–H and O–H groups in total. The van der Waals surface area contributed by atoms with Crippen LogP contribution in [0, 0.1) is 11.8 Å². The van der Waals surface area contributed by atoms with Crippen LogP contribution in [0.25, 0.3) is 0 Å². The molecule has 3 atom stereocenters. The van der Waals surface area contributed by atoms with Gasteiger partial charge in [0.05, 0.1) is 11.7 Å². The van der Waals surface area contributed by atoms with Gasteiger partial charge in [-0.1, -0.05) is 157 Å².